The van der Waals surface area contributed by atoms with Crippen LogP contribution in [-0.4, -0.2) is 49.4 Å². The van der Waals surface area contributed by atoms with Crippen molar-refractivity contribution in [2.24, 2.45) is 0 Å². The van der Waals surface area contributed by atoms with E-state index in [0.29, 0.717) is 18.8 Å². The normalized spacial score (nSPS) is 14.9. The van der Waals surface area contributed by atoms with Crippen molar-refractivity contribution >= 4 is 44.9 Å². The van der Waals surface area contributed by atoms with Crippen molar-refractivity contribution in [1.82, 2.24) is 9.62 Å². The van der Waals surface area contributed by atoms with Crippen molar-refractivity contribution in [3.05, 3.63) is 24.3 Å². The molecule has 1 amide bonds. The van der Waals surface area contributed by atoms with E-state index in [0.717, 1.165) is 19.3 Å². The molecule has 0 saturated carbocycles. The van der Waals surface area contributed by atoms with Crippen LogP contribution >= 0.6 is 12.2 Å². The number of hydrogen-bond donors (Lipinski definition) is 2. The second kappa shape index (κ2) is 10.5. The SMILES string of the molecule is CCOC(=O)CCC(=O)NC(=S)Nc1ccc(S(=O)(=O)N2CCCCC2)cc1. The molecule has 0 spiro atoms. The number of benzene rings is 1. The minimum Gasteiger partial charge on any atom is -0.466 e. The molecular formula is C18H25N3O5S2. The molecule has 1 fully saturated rings. The number of esters is 1. The number of carbonyl (C=O) groups excluding carboxylic acids is 2. The maximum Gasteiger partial charge on any atom is 0.306 e. The first kappa shape index (κ1) is 22.3. The molecule has 0 atom stereocenters. The molecule has 1 aromatic carbocycles. The van der Waals surface area contributed by atoms with Crippen molar-refractivity contribution in [1.29, 1.82) is 0 Å². The van der Waals surface area contributed by atoms with Gasteiger partial charge in [0.25, 0.3) is 0 Å². The van der Waals surface area contributed by atoms with Gasteiger partial charge in [-0.1, -0.05) is 6.42 Å². The van der Waals surface area contributed by atoms with Crippen LogP contribution in [0.5, 0.6) is 0 Å². The topological polar surface area (TPSA) is 105 Å². The molecule has 2 rings (SSSR count). The molecule has 0 radical (unpaired) electrons. The fourth-order valence-corrected chi connectivity index (χ4v) is 4.51. The highest BCUT2D eigenvalue weighted by atomic mass is 32.2. The number of rotatable bonds is 7. The summed E-state index contributed by atoms with van der Waals surface area (Å²) in [5, 5.41) is 5.36. The van der Waals surface area contributed by atoms with E-state index < -0.39 is 21.9 Å². The first-order chi connectivity index (χ1) is 13.3. The minimum atomic E-state index is -3.49. The molecule has 10 heteroatoms. The van der Waals surface area contributed by atoms with E-state index in [2.05, 4.69) is 10.6 Å². The highest BCUT2D eigenvalue weighted by molar-refractivity contribution is 7.89. The molecule has 2 N–H and O–H groups in total. The van der Waals surface area contributed by atoms with Crippen LogP contribution in [0, 0.1) is 0 Å². The van der Waals surface area contributed by atoms with Gasteiger partial charge in [-0.15, -0.1) is 0 Å². The Balaban J connectivity index is 1.87. The Morgan fingerprint density at radius 1 is 1.11 bits per heavy atom. The summed E-state index contributed by atoms with van der Waals surface area (Å²) in [5.41, 5.74) is 0.549. The maximum absolute atomic E-state index is 12.6. The summed E-state index contributed by atoms with van der Waals surface area (Å²) < 4.78 is 31.5. The van der Waals surface area contributed by atoms with E-state index in [1.54, 1.807) is 19.1 Å². The largest absolute Gasteiger partial charge is 0.466 e. The van der Waals surface area contributed by atoms with E-state index in [1.165, 1.54) is 16.4 Å². The van der Waals surface area contributed by atoms with Gasteiger partial charge in [-0.25, -0.2) is 8.42 Å². The van der Waals surface area contributed by atoms with Gasteiger partial charge < -0.3 is 15.4 Å². The Bertz CT molecular complexity index is 803. The molecule has 0 aliphatic carbocycles. The zero-order chi connectivity index (χ0) is 20.6. The molecule has 1 saturated heterocycles. The van der Waals surface area contributed by atoms with Gasteiger partial charge in [-0.05, 0) is 56.2 Å². The molecule has 1 heterocycles. The van der Waals surface area contributed by atoms with E-state index in [9.17, 15) is 18.0 Å². The third-order valence-electron chi connectivity index (χ3n) is 4.18. The first-order valence-electron chi connectivity index (χ1n) is 9.19. The van der Waals surface area contributed by atoms with Crippen LogP contribution < -0.4 is 10.6 Å². The van der Waals surface area contributed by atoms with Gasteiger partial charge in [-0.3, -0.25) is 9.59 Å². The van der Waals surface area contributed by atoms with Crippen LogP contribution in [0.4, 0.5) is 5.69 Å². The predicted molar refractivity (Wildman–Crippen MR) is 109 cm³/mol. The number of hydrogen-bond acceptors (Lipinski definition) is 6. The molecular weight excluding hydrogens is 402 g/mol. The molecule has 0 unspecified atom stereocenters. The molecule has 1 aliphatic heterocycles. The standard InChI is InChI=1S/C18H25N3O5S2/c1-2-26-17(23)11-10-16(22)20-18(27)19-14-6-8-15(9-7-14)28(24,25)21-12-4-3-5-13-21/h6-9H,2-5,10-13H2,1H3,(H2,19,20,22,27). The minimum absolute atomic E-state index is 0.0225. The van der Waals surface area contributed by atoms with Gasteiger partial charge in [0.1, 0.15) is 0 Å². The smallest absolute Gasteiger partial charge is 0.306 e. The van der Waals surface area contributed by atoms with E-state index >= 15 is 0 Å². The van der Waals surface area contributed by atoms with Crippen molar-refractivity contribution in [2.45, 2.75) is 43.9 Å². The van der Waals surface area contributed by atoms with Crippen LogP contribution in [0.2, 0.25) is 0 Å². The third-order valence-corrected chi connectivity index (χ3v) is 6.30. The molecule has 154 valence electrons. The van der Waals surface area contributed by atoms with E-state index in [4.69, 9.17) is 17.0 Å². The van der Waals surface area contributed by atoms with Gasteiger partial charge in [0.15, 0.2) is 5.11 Å². The highest BCUT2D eigenvalue weighted by Crippen LogP contribution is 2.21. The lowest BCUT2D eigenvalue weighted by Gasteiger charge is -2.25. The fourth-order valence-electron chi connectivity index (χ4n) is 2.76. The average molecular weight is 428 g/mol. The number of carbonyl (C=O) groups is 2. The number of nitrogens with one attached hydrogen (secondary N) is 2. The summed E-state index contributed by atoms with van der Waals surface area (Å²) in [5.74, 6) is -0.850. The summed E-state index contributed by atoms with van der Waals surface area (Å²) in [4.78, 5) is 23.3. The van der Waals surface area contributed by atoms with Gasteiger partial charge in [0.05, 0.1) is 17.9 Å². The summed E-state index contributed by atoms with van der Waals surface area (Å²) in [6.07, 6.45) is 2.75. The Morgan fingerprint density at radius 2 is 1.75 bits per heavy atom. The Morgan fingerprint density at radius 3 is 2.36 bits per heavy atom. The third kappa shape index (κ3) is 6.54. The summed E-state index contributed by atoms with van der Waals surface area (Å²) >= 11 is 5.07. The molecule has 1 aromatic rings. The monoisotopic (exact) mass is 427 g/mol. The highest BCUT2D eigenvalue weighted by Gasteiger charge is 2.25. The zero-order valence-corrected chi connectivity index (χ0v) is 17.4. The van der Waals surface area contributed by atoms with Crippen LogP contribution in [0.25, 0.3) is 0 Å². The van der Waals surface area contributed by atoms with Crippen molar-refractivity contribution in [3.63, 3.8) is 0 Å². The van der Waals surface area contributed by atoms with Crippen LogP contribution in [-0.2, 0) is 24.3 Å². The fraction of sp³-hybridized carbons (Fsp3) is 0.500. The Hall–Kier alpha value is -2.04. The molecule has 28 heavy (non-hydrogen) atoms. The Kier molecular flexibility index (Phi) is 8.34. The van der Waals surface area contributed by atoms with Gasteiger partial charge >= 0.3 is 5.97 Å². The number of thiocarbonyl (C=S) groups is 1. The van der Waals surface area contributed by atoms with Gasteiger partial charge in [-0.2, -0.15) is 4.31 Å². The second-order valence-electron chi connectivity index (χ2n) is 6.30. The number of nitrogens with zero attached hydrogens (tertiary/aromatic N) is 1. The first-order valence-corrected chi connectivity index (χ1v) is 11.0. The van der Waals surface area contributed by atoms with Gasteiger partial charge in [0, 0.05) is 25.2 Å². The number of piperidine rings is 1. The number of ether oxygens (including phenoxy) is 1. The maximum atomic E-state index is 12.6. The summed E-state index contributed by atoms with van der Waals surface area (Å²) in [7, 11) is -3.49. The number of anilines is 1. The van der Waals surface area contributed by atoms with Crippen LogP contribution in [0.3, 0.4) is 0 Å². The Labute approximate surface area is 170 Å². The molecule has 0 bridgehead atoms. The van der Waals surface area contributed by atoms with Crippen molar-refractivity contribution in [2.75, 3.05) is 25.0 Å². The van der Waals surface area contributed by atoms with Crippen molar-refractivity contribution in [3.8, 4) is 0 Å². The van der Waals surface area contributed by atoms with E-state index in [-0.39, 0.29) is 29.5 Å². The molecule has 0 aromatic heterocycles. The van der Waals surface area contributed by atoms with Gasteiger partial charge in [0.2, 0.25) is 15.9 Å². The van der Waals surface area contributed by atoms with Crippen LogP contribution in [0.1, 0.15) is 39.0 Å². The molecule has 8 nitrogen and oxygen atoms in total. The lowest BCUT2D eigenvalue weighted by atomic mass is 10.2. The lowest BCUT2D eigenvalue weighted by molar-refractivity contribution is -0.144. The summed E-state index contributed by atoms with van der Waals surface area (Å²) in [6, 6.07) is 6.21. The zero-order valence-electron chi connectivity index (χ0n) is 15.8. The summed E-state index contributed by atoms with van der Waals surface area (Å²) in [6.45, 7) is 3.05. The van der Waals surface area contributed by atoms with E-state index in [1.807, 2.05) is 0 Å². The second-order valence-corrected chi connectivity index (χ2v) is 8.64. The molecule has 1 aliphatic rings. The average Bonchev–Trinajstić information content (AvgIpc) is 2.67. The number of amides is 1. The van der Waals surface area contributed by atoms with Crippen LogP contribution in [0.15, 0.2) is 29.2 Å². The van der Waals surface area contributed by atoms with Crippen molar-refractivity contribution < 1.29 is 22.7 Å². The lowest BCUT2D eigenvalue weighted by Crippen LogP contribution is -2.35. The number of sulfonamides is 1. The predicted octanol–water partition coefficient (Wildman–Crippen LogP) is 2.02. The quantitative estimate of drug-likeness (QED) is 0.507.